The molecule has 0 aromatic heterocycles. The third-order valence-electron chi connectivity index (χ3n) is 2.68. The Balaban J connectivity index is 2.50. The minimum absolute atomic E-state index is 0.273. The molecule has 0 fully saturated rings. The summed E-state index contributed by atoms with van der Waals surface area (Å²) in [6, 6.07) is 13.7. The molecule has 92 valence electrons. The lowest BCUT2D eigenvalue weighted by atomic mass is 10.0. The van der Waals surface area contributed by atoms with E-state index in [-0.39, 0.29) is 4.90 Å². The van der Waals surface area contributed by atoms with E-state index in [1.165, 1.54) is 6.26 Å². The molecule has 0 bridgehead atoms. The van der Waals surface area contributed by atoms with Crippen LogP contribution in [-0.4, -0.2) is 21.0 Å². The zero-order chi connectivity index (χ0) is 13.2. The van der Waals surface area contributed by atoms with E-state index in [1.807, 2.05) is 12.1 Å². The van der Waals surface area contributed by atoms with Crippen LogP contribution in [0.5, 0.6) is 0 Å². The van der Waals surface area contributed by atoms with Crippen molar-refractivity contribution < 1.29 is 13.2 Å². The Hall–Kier alpha value is -1.94. The fraction of sp³-hybridized carbons (Fsp3) is 0.0714. The van der Waals surface area contributed by atoms with Gasteiger partial charge in [0.15, 0.2) is 16.1 Å². The first-order valence-corrected chi connectivity index (χ1v) is 7.26. The van der Waals surface area contributed by atoms with Gasteiger partial charge in [-0.15, -0.1) is 0 Å². The van der Waals surface area contributed by atoms with Crippen molar-refractivity contribution in [3.63, 3.8) is 0 Å². The number of hydrogen-bond acceptors (Lipinski definition) is 3. The van der Waals surface area contributed by atoms with Crippen LogP contribution in [-0.2, 0) is 9.84 Å². The predicted octanol–water partition coefficient (Wildman–Crippen LogP) is 2.57. The summed E-state index contributed by atoms with van der Waals surface area (Å²) in [6.45, 7) is 0. The topological polar surface area (TPSA) is 51.2 Å². The van der Waals surface area contributed by atoms with Crippen molar-refractivity contribution in [2.75, 3.05) is 6.26 Å². The highest BCUT2D eigenvalue weighted by Gasteiger charge is 2.08. The number of benzene rings is 2. The second-order valence-corrected chi connectivity index (χ2v) is 6.02. The smallest absolute Gasteiger partial charge is 0.175 e. The van der Waals surface area contributed by atoms with E-state index in [4.69, 9.17) is 0 Å². The van der Waals surface area contributed by atoms with Gasteiger partial charge in [0.25, 0.3) is 0 Å². The molecule has 0 amide bonds. The first-order valence-electron chi connectivity index (χ1n) is 5.37. The number of sulfone groups is 1. The Bertz CT molecular complexity index is 670. The zero-order valence-electron chi connectivity index (χ0n) is 9.83. The summed E-state index contributed by atoms with van der Waals surface area (Å²) in [6.07, 6.45) is 1.96. The van der Waals surface area contributed by atoms with Gasteiger partial charge in [-0.3, -0.25) is 4.79 Å². The van der Waals surface area contributed by atoms with E-state index < -0.39 is 9.84 Å². The molecule has 4 heteroatoms. The van der Waals surface area contributed by atoms with E-state index in [0.717, 1.165) is 17.4 Å². The molecule has 2 aromatic rings. The molecule has 0 unspecified atom stereocenters. The average molecular weight is 260 g/mol. The van der Waals surface area contributed by atoms with Crippen molar-refractivity contribution in [3.05, 3.63) is 54.1 Å². The Kier molecular flexibility index (Phi) is 3.30. The van der Waals surface area contributed by atoms with Gasteiger partial charge < -0.3 is 0 Å². The van der Waals surface area contributed by atoms with Crippen LogP contribution in [0.4, 0.5) is 0 Å². The molecule has 0 aliphatic rings. The lowest BCUT2D eigenvalue weighted by Gasteiger charge is -2.05. The van der Waals surface area contributed by atoms with E-state index >= 15 is 0 Å². The Morgan fingerprint density at radius 1 is 0.944 bits per heavy atom. The molecule has 2 rings (SSSR count). The van der Waals surface area contributed by atoms with Crippen LogP contribution < -0.4 is 0 Å². The van der Waals surface area contributed by atoms with Crippen LogP contribution in [0, 0.1) is 0 Å². The highest BCUT2D eigenvalue weighted by atomic mass is 32.2. The fourth-order valence-corrected chi connectivity index (χ4v) is 2.37. The van der Waals surface area contributed by atoms with Gasteiger partial charge >= 0.3 is 0 Å². The first kappa shape index (κ1) is 12.5. The molecule has 0 spiro atoms. The molecule has 18 heavy (non-hydrogen) atoms. The fourth-order valence-electron chi connectivity index (χ4n) is 1.74. The number of rotatable bonds is 3. The Morgan fingerprint density at radius 2 is 1.56 bits per heavy atom. The third kappa shape index (κ3) is 2.49. The van der Waals surface area contributed by atoms with Gasteiger partial charge in [0.05, 0.1) is 4.90 Å². The summed E-state index contributed by atoms with van der Waals surface area (Å²) in [5, 5.41) is 0. The zero-order valence-corrected chi connectivity index (χ0v) is 10.6. The summed E-state index contributed by atoms with van der Waals surface area (Å²) < 4.78 is 22.7. The summed E-state index contributed by atoms with van der Waals surface area (Å²) in [4.78, 5) is 11.2. The van der Waals surface area contributed by atoms with Crippen molar-refractivity contribution in [1.29, 1.82) is 0 Å². The molecule has 0 heterocycles. The molecule has 2 aromatic carbocycles. The predicted molar refractivity (Wildman–Crippen MR) is 70.4 cm³/mol. The Morgan fingerprint density at radius 3 is 2.11 bits per heavy atom. The van der Waals surface area contributed by atoms with Crippen LogP contribution in [0.3, 0.4) is 0 Å². The third-order valence-corrected chi connectivity index (χ3v) is 3.81. The van der Waals surface area contributed by atoms with Gasteiger partial charge in [0, 0.05) is 11.8 Å². The Labute approximate surface area is 106 Å². The highest BCUT2D eigenvalue weighted by molar-refractivity contribution is 7.90. The molecule has 0 saturated heterocycles. The van der Waals surface area contributed by atoms with Gasteiger partial charge in [-0.25, -0.2) is 8.42 Å². The van der Waals surface area contributed by atoms with Crippen molar-refractivity contribution in [3.8, 4) is 11.1 Å². The van der Waals surface area contributed by atoms with Crippen LogP contribution in [0.25, 0.3) is 11.1 Å². The first-order chi connectivity index (χ1) is 8.52. The van der Waals surface area contributed by atoms with Gasteiger partial charge in [-0.1, -0.05) is 36.4 Å². The average Bonchev–Trinajstić information content (AvgIpc) is 2.38. The van der Waals surface area contributed by atoms with Gasteiger partial charge in [0.2, 0.25) is 0 Å². The van der Waals surface area contributed by atoms with E-state index in [1.54, 1.807) is 36.4 Å². The molecule has 0 aliphatic carbocycles. The van der Waals surface area contributed by atoms with Crippen LogP contribution in [0.2, 0.25) is 0 Å². The SMILES string of the molecule is CS(=O)(=O)c1ccc(-c2ccccc2C=O)cc1. The molecule has 0 N–H and O–H groups in total. The number of aldehydes is 1. The highest BCUT2D eigenvalue weighted by Crippen LogP contribution is 2.23. The molecule has 0 saturated carbocycles. The number of hydrogen-bond donors (Lipinski definition) is 0. The largest absolute Gasteiger partial charge is 0.298 e. The van der Waals surface area contributed by atoms with Crippen molar-refractivity contribution >= 4 is 16.1 Å². The van der Waals surface area contributed by atoms with Crippen LogP contribution in [0.1, 0.15) is 10.4 Å². The maximum atomic E-state index is 11.3. The van der Waals surface area contributed by atoms with Gasteiger partial charge in [-0.2, -0.15) is 0 Å². The molecule has 0 aliphatic heterocycles. The monoisotopic (exact) mass is 260 g/mol. The molecule has 0 atom stereocenters. The van der Waals surface area contributed by atoms with E-state index in [0.29, 0.717) is 5.56 Å². The van der Waals surface area contributed by atoms with Crippen molar-refractivity contribution in [2.24, 2.45) is 0 Å². The normalized spacial score (nSPS) is 11.2. The summed E-state index contributed by atoms with van der Waals surface area (Å²) in [5.74, 6) is 0. The minimum atomic E-state index is -3.19. The second-order valence-electron chi connectivity index (χ2n) is 4.00. The molecule has 0 radical (unpaired) electrons. The van der Waals surface area contributed by atoms with E-state index in [2.05, 4.69) is 0 Å². The van der Waals surface area contributed by atoms with Crippen LogP contribution >= 0.6 is 0 Å². The molecular formula is C14H12O3S. The maximum absolute atomic E-state index is 11.3. The lowest BCUT2D eigenvalue weighted by molar-refractivity contribution is 0.112. The second kappa shape index (κ2) is 4.74. The quantitative estimate of drug-likeness (QED) is 0.797. The maximum Gasteiger partial charge on any atom is 0.175 e. The molecule has 3 nitrogen and oxygen atoms in total. The van der Waals surface area contributed by atoms with Gasteiger partial charge in [0.1, 0.15) is 0 Å². The van der Waals surface area contributed by atoms with Gasteiger partial charge in [-0.05, 0) is 23.3 Å². The number of carbonyl (C=O) groups excluding carboxylic acids is 1. The van der Waals surface area contributed by atoms with E-state index in [9.17, 15) is 13.2 Å². The summed E-state index contributed by atoms with van der Waals surface area (Å²) in [7, 11) is -3.19. The lowest BCUT2D eigenvalue weighted by Crippen LogP contribution is -1.96. The summed E-state index contributed by atoms with van der Waals surface area (Å²) >= 11 is 0. The molecular weight excluding hydrogens is 248 g/mol. The van der Waals surface area contributed by atoms with Crippen molar-refractivity contribution in [2.45, 2.75) is 4.90 Å². The van der Waals surface area contributed by atoms with Crippen molar-refractivity contribution in [1.82, 2.24) is 0 Å². The number of carbonyl (C=O) groups is 1. The standard InChI is InChI=1S/C14H12O3S/c1-18(16,17)13-8-6-11(7-9-13)14-5-3-2-4-12(14)10-15/h2-10H,1H3. The van der Waals surface area contributed by atoms with Crippen LogP contribution in [0.15, 0.2) is 53.4 Å². The minimum Gasteiger partial charge on any atom is -0.298 e. The summed E-state index contributed by atoms with van der Waals surface area (Å²) in [5.41, 5.74) is 2.21.